The Hall–Kier alpha value is -0.200. The maximum absolute atomic E-state index is 5.67. The molecule has 0 aromatic rings. The molecule has 0 N–H and O–H groups in total. The number of hydrogen-bond acceptors (Lipinski definition) is 5. The summed E-state index contributed by atoms with van der Waals surface area (Å²) in [7, 11) is 0. The van der Waals surface area contributed by atoms with Crippen LogP contribution < -0.4 is 0 Å². The average molecular weight is 517 g/mol. The molecule has 0 aliphatic heterocycles. The van der Waals surface area contributed by atoms with E-state index in [0.717, 1.165) is 19.6 Å². The molecule has 5 heteroatoms. The van der Waals surface area contributed by atoms with Gasteiger partial charge in [0.1, 0.15) is 0 Å². The smallest absolute Gasteiger partial charge is 0.0701 e. The van der Waals surface area contributed by atoms with Gasteiger partial charge in [0.2, 0.25) is 0 Å². The molecule has 5 nitrogen and oxygen atoms in total. The Kier molecular flexibility index (Phi) is 34.6. The van der Waals surface area contributed by atoms with E-state index >= 15 is 0 Å². The predicted molar refractivity (Wildman–Crippen MR) is 153 cm³/mol. The van der Waals surface area contributed by atoms with Gasteiger partial charge in [-0.15, -0.1) is 0 Å². The second-order valence-corrected chi connectivity index (χ2v) is 10.1. The average Bonchev–Trinajstić information content (AvgIpc) is 2.89. The van der Waals surface area contributed by atoms with Crippen LogP contribution in [0.3, 0.4) is 0 Å². The Morgan fingerprint density at radius 1 is 0.222 bits per heavy atom. The fourth-order valence-corrected chi connectivity index (χ4v) is 4.19. The molecule has 0 rings (SSSR count). The van der Waals surface area contributed by atoms with Crippen molar-refractivity contribution in [3.8, 4) is 0 Å². The number of unbranched alkanes of at least 4 members (excludes halogenated alkanes) is 17. The van der Waals surface area contributed by atoms with E-state index in [-0.39, 0.29) is 0 Å². The first-order valence-corrected chi connectivity index (χ1v) is 15.8. The van der Waals surface area contributed by atoms with Crippen LogP contribution in [0.4, 0.5) is 0 Å². The van der Waals surface area contributed by atoms with Crippen LogP contribution in [0.2, 0.25) is 0 Å². The van der Waals surface area contributed by atoms with Gasteiger partial charge >= 0.3 is 0 Å². The third kappa shape index (κ3) is 33.8. The maximum Gasteiger partial charge on any atom is 0.0701 e. The van der Waals surface area contributed by atoms with E-state index < -0.39 is 0 Å². The normalized spacial score (nSPS) is 11.5. The van der Waals surface area contributed by atoms with E-state index in [0.29, 0.717) is 52.9 Å². The van der Waals surface area contributed by atoms with Crippen molar-refractivity contribution in [3.63, 3.8) is 0 Å². The molecule has 0 aromatic carbocycles. The lowest BCUT2D eigenvalue weighted by Crippen LogP contribution is -2.13. The minimum Gasteiger partial charge on any atom is -0.379 e. The van der Waals surface area contributed by atoms with E-state index in [2.05, 4.69) is 13.8 Å². The van der Waals surface area contributed by atoms with Crippen LogP contribution in [0.15, 0.2) is 0 Å². The summed E-state index contributed by atoms with van der Waals surface area (Å²) in [6, 6.07) is 0. The Labute approximate surface area is 225 Å². The Bertz CT molecular complexity index is 333. The molecule has 0 fully saturated rings. The SMILES string of the molecule is CCCCCCCCCCCCCCCCCCOCCOCCOCCOCCOCCCCC. The summed E-state index contributed by atoms with van der Waals surface area (Å²) in [6.07, 6.45) is 26.0. The van der Waals surface area contributed by atoms with Gasteiger partial charge in [-0.25, -0.2) is 0 Å². The van der Waals surface area contributed by atoms with Crippen molar-refractivity contribution in [1.82, 2.24) is 0 Å². The first-order chi connectivity index (χ1) is 17.9. The van der Waals surface area contributed by atoms with Crippen LogP contribution in [-0.4, -0.2) is 66.1 Å². The van der Waals surface area contributed by atoms with Crippen molar-refractivity contribution in [3.05, 3.63) is 0 Å². The molecule has 0 unspecified atom stereocenters. The van der Waals surface area contributed by atoms with Crippen molar-refractivity contribution in [2.45, 2.75) is 136 Å². The molecule has 0 saturated carbocycles. The van der Waals surface area contributed by atoms with Crippen molar-refractivity contribution < 1.29 is 23.7 Å². The maximum atomic E-state index is 5.67. The summed E-state index contributed by atoms with van der Waals surface area (Å²) in [5.41, 5.74) is 0. The molecular weight excluding hydrogens is 452 g/mol. The molecular formula is C31H64O5. The second kappa shape index (κ2) is 34.8. The van der Waals surface area contributed by atoms with Crippen LogP contribution in [0.1, 0.15) is 136 Å². The molecule has 0 radical (unpaired) electrons. The second-order valence-electron chi connectivity index (χ2n) is 10.1. The van der Waals surface area contributed by atoms with E-state index in [1.165, 1.54) is 116 Å². The molecule has 36 heavy (non-hydrogen) atoms. The van der Waals surface area contributed by atoms with Crippen LogP contribution in [-0.2, 0) is 23.7 Å². The molecule has 0 aliphatic carbocycles. The minimum atomic E-state index is 0.606. The largest absolute Gasteiger partial charge is 0.379 e. The fourth-order valence-electron chi connectivity index (χ4n) is 4.19. The number of hydrogen-bond donors (Lipinski definition) is 0. The van der Waals surface area contributed by atoms with Crippen LogP contribution in [0.5, 0.6) is 0 Å². The summed E-state index contributed by atoms with van der Waals surface area (Å²) in [5.74, 6) is 0. The summed E-state index contributed by atoms with van der Waals surface area (Å²) in [4.78, 5) is 0. The van der Waals surface area contributed by atoms with Gasteiger partial charge in [-0.3, -0.25) is 0 Å². The molecule has 0 spiro atoms. The Balaban J connectivity index is 3.00. The third-order valence-electron chi connectivity index (χ3n) is 6.52. The molecule has 0 atom stereocenters. The summed E-state index contributed by atoms with van der Waals surface area (Å²) >= 11 is 0. The standard InChI is InChI=1S/C31H64O5/c1-3-5-7-8-9-10-11-12-13-14-15-16-17-18-19-21-23-33-25-27-35-29-31-36-30-28-34-26-24-32-22-20-6-4-2/h3-31H2,1-2H3. The van der Waals surface area contributed by atoms with Gasteiger partial charge in [-0.05, 0) is 12.8 Å². The van der Waals surface area contributed by atoms with Crippen molar-refractivity contribution in [2.75, 3.05) is 66.1 Å². The van der Waals surface area contributed by atoms with Crippen molar-refractivity contribution in [1.29, 1.82) is 0 Å². The molecule has 0 saturated heterocycles. The first kappa shape index (κ1) is 35.8. The van der Waals surface area contributed by atoms with Gasteiger partial charge < -0.3 is 23.7 Å². The quantitative estimate of drug-likeness (QED) is 0.0818. The van der Waals surface area contributed by atoms with Crippen molar-refractivity contribution in [2.24, 2.45) is 0 Å². The van der Waals surface area contributed by atoms with E-state index in [1.807, 2.05) is 0 Å². The van der Waals surface area contributed by atoms with E-state index in [1.54, 1.807) is 0 Å². The van der Waals surface area contributed by atoms with Crippen LogP contribution in [0, 0.1) is 0 Å². The molecule has 0 bridgehead atoms. The molecule has 0 aliphatic rings. The van der Waals surface area contributed by atoms with Gasteiger partial charge in [0.25, 0.3) is 0 Å². The van der Waals surface area contributed by atoms with Gasteiger partial charge in [0.05, 0.1) is 52.9 Å². The van der Waals surface area contributed by atoms with Gasteiger partial charge in [0, 0.05) is 13.2 Å². The lowest BCUT2D eigenvalue weighted by molar-refractivity contribution is -0.0114. The van der Waals surface area contributed by atoms with Gasteiger partial charge in [-0.2, -0.15) is 0 Å². The van der Waals surface area contributed by atoms with Crippen molar-refractivity contribution >= 4 is 0 Å². The monoisotopic (exact) mass is 516 g/mol. The minimum absolute atomic E-state index is 0.606. The zero-order valence-corrected chi connectivity index (χ0v) is 24.5. The predicted octanol–water partition coefficient (Wildman–Crippen LogP) is 8.52. The van der Waals surface area contributed by atoms with E-state index in [9.17, 15) is 0 Å². The zero-order chi connectivity index (χ0) is 26.0. The highest BCUT2D eigenvalue weighted by Gasteiger charge is 1.96. The fraction of sp³-hybridized carbons (Fsp3) is 1.00. The van der Waals surface area contributed by atoms with Gasteiger partial charge in [0.15, 0.2) is 0 Å². The third-order valence-corrected chi connectivity index (χ3v) is 6.52. The molecule has 0 heterocycles. The van der Waals surface area contributed by atoms with Gasteiger partial charge in [-0.1, -0.05) is 123 Å². The Morgan fingerprint density at radius 3 is 0.722 bits per heavy atom. The summed E-state index contributed by atoms with van der Waals surface area (Å²) in [6.45, 7) is 11.3. The summed E-state index contributed by atoms with van der Waals surface area (Å²) < 4.78 is 27.7. The number of rotatable bonds is 33. The molecule has 218 valence electrons. The zero-order valence-electron chi connectivity index (χ0n) is 24.5. The van der Waals surface area contributed by atoms with Crippen LogP contribution >= 0.6 is 0 Å². The number of ether oxygens (including phenoxy) is 5. The topological polar surface area (TPSA) is 46.2 Å². The van der Waals surface area contributed by atoms with Crippen LogP contribution in [0.25, 0.3) is 0 Å². The Morgan fingerprint density at radius 2 is 0.417 bits per heavy atom. The highest BCUT2D eigenvalue weighted by atomic mass is 16.6. The molecule has 0 amide bonds. The van der Waals surface area contributed by atoms with E-state index in [4.69, 9.17) is 23.7 Å². The highest BCUT2D eigenvalue weighted by Crippen LogP contribution is 2.13. The lowest BCUT2D eigenvalue weighted by atomic mass is 10.0. The highest BCUT2D eigenvalue weighted by molar-refractivity contribution is 4.50. The summed E-state index contributed by atoms with van der Waals surface area (Å²) in [5, 5.41) is 0. The first-order valence-electron chi connectivity index (χ1n) is 15.8. The lowest BCUT2D eigenvalue weighted by Gasteiger charge is -2.08. The molecule has 0 aromatic heterocycles.